The van der Waals surface area contributed by atoms with Crippen LogP contribution < -0.4 is 10.6 Å². The van der Waals surface area contributed by atoms with Crippen LogP contribution in [0.4, 0.5) is 14.4 Å². The summed E-state index contributed by atoms with van der Waals surface area (Å²) >= 11 is 0. The van der Waals surface area contributed by atoms with Crippen LogP contribution in [-0.4, -0.2) is 76.5 Å². The molecule has 2 fully saturated rings. The normalized spacial score (nSPS) is 24.4. The zero-order chi connectivity index (χ0) is 37.3. The van der Waals surface area contributed by atoms with Crippen LogP contribution in [0.3, 0.4) is 0 Å². The molecule has 0 saturated carbocycles. The van der Waals surface area contributed by atoms with Crippen LogP contribution in [0, 0.1) is 11.8 Å². The van der Waals surface area contributed by atoms with E-state index in [0.29, 0.717) is 25.0 Å². The molecule has 0 spiro atoms. The van der Waals surface area contributed by atoms with Gasteiger partial charge in [0.1, 0.15) is 17.8 Å². The van der Waals surface area contributed by atoms with E-state index in [2.05, 4.69) is 67.5 Å². The van der Waals surface area contributed by atoms with E-state index in [1.165, 1.54) is 5.56 Å². The number of nitrogens with one attached hydrogen (secondary N) is 2. The molecular weight excluding hydrogens is 632 g/mol. The van der Waals surface area contributed by atoms with Crippen LogP contribution in [0.25, 0.3) is 0 Å². The van der Waals surface area contributed by atoms with E-state index in [1.807, 2.05) is 84.9 Å². The lowest BCUT2D eigenvalue weighted by atomic mass is 9.87. The van der Waals surface area contributed by atoms with Gasteiger partial charge in [-0.25, -0.2) is 14.4 Å². The molecule has 2 heterocycles. The Kier molecular flexibility index (Phi) is 13.8. The number of nitrogens with zero attached hydrogens (tertiary/aromatic N) is 2. The van der Waals surface area contributed by atoms with Crippen LogP contribution in [0.2, 0.25) is 0 Å². The Balaban J connectivity index is 0.000000271. The van der Waals surface area contributed by atoms with Crippen LogP contribution in [-0.2, 0) is 20.8 Å². The van der Waals surface area contributed by atoms with Gasteiger partial charge in [-0.1, -0.05) is 74.5 Å². The fourth-order valence-electron chi connectivity index (χ4n) is 6.86. The van der Waals surface area contributed by atoms with Crippen molar-refractivity contribution in [2.75, 3.05) is 26.2 Å². The lowest BCUT2D eigenvalue weighted by Gasteiger charge is -2.33. The van der Waals surface area contributed by atoms with Gasteiger partial charge in [-0.2, -0.15) is 0 Å². The van der Waals surface area contributed by atoms with Crippen LogP contribution in [0.1, 0.15) is 106 Å². The zero-order valence-corrected chi connectivity index (χ0v) is 32.3. The fourth-order valence-corrected chi connectivity index (χ4v) is 6.86. The highest BCUT2D eigenvalue weighted by Gasteiger charge is 2.47. The van der Waals surface area contributed by atoms with Gasteiger partial charge in [-0.3, -0.25) is 4.90 Å². The summed E-state index contributed by atoms with van der Waals surface area (Å²) in [6, 6.07) is 20.5. The molecule has 2 saturated heterocycles. The molecule has 10 nitrogen and oxygen atoms in total. The average Bonchev–Trinajstić information content (AvgIpc) is 3.54. The molecule has 2 aromatic carbocycles. The molecule has 0 aliphatic carbocycles. The Morgan fingerprint density at radius 1 is 0.760 bits per heavy atom. The van der Waals surface area contributed by atoms with Crippen LogP contribution in [0.15, 0.2) is 60.7 Å². The number of alkyl carbamates (subject to hydrolysis) is 2. The van der Waals surface area contributed by atoms with E-state index in [9.17, 15) is 14.4 Å². The average molecular weight is 695 g/mol. The Bertz CT molecular complexity index is 1390. The molecule has 2 aliphatic rings. The second kappa shape index (κ2) is 16.9. The molecule has 3 amide bonds. The van der Waals surface area contributed by atoms with Crippen LogP contribution in [0.5, 0.6) is 0 Å². The molecule has 10 heteroatoms. The lowest BCUT2D eigenvalue weighted by Crippen LogP contribution is -2.53. The first-order valence-electron chi connectivity index (χ1n) is 18.0. The number of ether oxygens (including phenoxy) is 3. The van der Waals surface area contributed by atoms with Gasteiger partial charge in [0, 0.05) is 38.1 Å². The summed E-state index contributed by atoms with van der Waals surface area (Å²) in [5, 5.41) is 6.11. The van der Waals surface area contributed by atoms with Crippen molar-refractivity contribution in [2.24, 2.45) is 11.8 Å². The van der Waals surface area contributed by atoms with E-state index in [0.717, 1.165) is 31.5 Å². The summed E-state index contributed by atoms with van der Waals surface area (Å²) < 4.78 is 16.3. The smallest absolute Gasteiger partial charge is 0.410 e. The predicted octanol–water partition coefficient (Wildman–Crippen LogP) is 8.32. The van der Waals surface area contributed by atoms with Gasteiger partial charge in [0.05, 0.1) is 11.1 Å². The highest BCUT2D eigenvalue weighted by atomic mass is 16.6. The summed E-state index contributed by atoms with van der Waals surface area (Å²) in [5.41, 5.74) is 0.422. The van der Waals surface area contributed by atoms with Gasteiger partial charge in [0.2, 0.25) is 0 Å². The maximum atomic E-state index is 12.4. The second-order valence-electron chi connectivity index (χ2n) is 16.2. The van der Waals surface area contributed by atoms with Gasteiger partial charge < -0.3 is 29.7 Å². The minimum Gasteiger partial charge on any atom is -0.445 e. The van der Waals surface area contributed by atoms with Crippen molar-refractivity contribution >= 4 is 18.3 Å². The Morgan fingerprint density at radius 3 is 1.70 bits per heavy atom. The minimum absolute atomic E-state index is 0.138. The third-order valence-electron chi connectivity index (χ3n) is 9.60. The van der Waals surface area contributed by atoms with E-state index >= 15 is 0 Å². The number of benzene rings is 2. The number of carbonyl (C=O) groups is 3. The van der Waals surface area contributed by atoms with E-state index in [4.69, 9.17) is 14.2 Å². The number of carbonyl (C=O) groups excluding carboxylic acids is 3. The van der Waals surface area contributed by atoms with Crippen molar-refractivity contribution in [2.45, 2.75) is 124 Å². The summed E-state index contributed by atoms with van der Waals surface area (Å²) in [6.07, 6.45) is 0.733. The third-order valence-corrected chi connectivity index (χ3v) is 9.60. The van der Waals surface area contributed by atoms with Crippen molar-refractivity contribution in [1.82, 2.24) is 20.4 Å². The van der Waals surface area contributed by atoms with Crippen molar-refractivity contribution in [3.8, 4) is 0 Å². The molecule has 4 unspecified atom stereocenters. The predicted molar refractivity (Wildman–Crippen MR) is 198 cm³/mol. The third kappa shape index (κ3) is 11.9. The molecule has 4 rings (SSSR count). The maximum absolute atomic E-state index is 12.4. The van der Waals surface area contributed by atoms with Gasteiger partial charge in [-0.05, 0) is 92.2 Å². The zero-order valence-electron chi connectivity index (χ0n) is 32.3. The molecule has 0 aromatic heterocycles. The van der Waals surface area contributed by atoms with Crippen molar-refractivity contribution in [3.63, 3.8) is 0 Å². The molecule has 2 aromatic rings. The van der Waals surface area contributed by atoms with Crippen molar-refractivity contribution < 1.29 is 28.6 Å². The topological polar surface area (TPSA) is 109 Å². The largest absolute Gasteiger partial charge is 0.445 e. The number of likely N-dealkylation sites (tertiary alicyclic amines) is 2. The number of hydrogen-bond acceptors (Lipinski definition) is 7. The van der Waals surface area contributed by atoms with Gasteiger partial charge >= 0.3 is 18.3 Å². The Morgan fingerprint density at radius 2 is 1.22 bits per heavy atom. The van der Waals surface area contributed by atoms with Crippen LogP contribution >= 0.6 is 0 Å². The number of hydrogen-bond donors (Lipinski definition) is 2. The second-order valence-corrected chi connectivity index (χ2v) is 16.2. The van der Waals surface area contributed by atoms with Gasteiger partial charge in [0.15, 0.2) is 0 Å². The van der Waals surface area contributed by atoms with E-state index in [1.54, 1.807) is 4.90 Å². The highest BCUT2D eigenvalue weighted by Crippen LogP contribution is 2.36. The Labute approximate surface area is 300 Å². The maximum Gasteiger partial charge on any atom is 0.410 e. The summed E-state index contributed by atoms with van der Waals surface area (Å²) in [7, 11) is 0. The summed E-state index contributed by atoms with van der Waals surface area (Å²) in [5.74, 6) is 0.551. The first-order valence-corrected chi connectivity index (χ1v) is 18.0. The Hall–Kier alpha value is -3.79. The minimum atomic E-state index is -0.560. The van der Waals surface area contributed by atoms with E-state index in [-0.39, 0.29) is 30.3 Å². The number of rotatable bonds is 8. The molecule has 50 heavy (non-hydrogen) atoms. The molecule has 0 bridgehead atoms. The highest BCUT2D eigenvalue weighted by molar-refractivity contribution is 5.71. The van der Waals surface area contributed by atoms with E-state index < -0.39 is 22.8 Å². The quantitative estimate of drug-likeness (QED) is 0.268. The molecule has 0 radical (unpaired) electrons. The van der Waals surface area contributed by atoms with Gasteiger partial charge in [0.25, 0.3) is 0 Å². The molecule has 2 N–H and O–H groups in total. The first-order chi connectivity index (χ1) is 23.3. The first kappa shape index (κ1) is 40.6. The summed E-state index contributed by atoms with van der Waals surface area (Å²) in [6.45, 7) is 24.8. The van der Waals surface area contributed by atoms with Gasteiger partial charge in [-0.15, -0.1) is 0 Å². The summed E-state index contributed by atoms with van der Waals surface area (Å²) in [4.78, 5) is 41.0. The molecule has 5 atom stereocenters. The standard InChI is InChI=1S/C20H30N2O4.C20H32N2O2/c1-6-16-12-22(18(24)25-13-15-10-8-7-9-11-15)14-20(16,5)21-17(23)26-19(2,3)4;1-7-17-13-22(15(2)16-11-9-8-10-12-16)14-20(17,6)21-18(23)24-19(3,4)5/h7-11,16H,6,12-14H2,1-5H3,(H,21,23);8-12,15,17H,7,13-14H2,1-6H3,(H,21,23)/t;15-,17?,20?/m.1/s1. The SMILES string of the molecule is CCC1CN(C(=O)OCc2ccccc2)CC1(C)NC(=O)OC(C)(C)C.CCC1CN([C@H](C)c2ccccc2)CC1(C)NC(=O)OC(C)(C)C. The van der Waals surface area contributed by atoms with Crippen molar-refractivity contribution in [3.05, 3.63) is 71.8 Å². The lowest BCUT2D eigenvalue weighted by molar-refractivity contribution is 0.0430. The monoisotopic (exact) mass is 694 g/mol. The molecule has 2 aliphatic heterocycles. The molecular formula is C40H62N4O6. The van der Waals surface area contributed by atoms with Crippen molar-refractivity contribution in [1.29, 1.82) is 0 Å². The fraction of sp³-hybridized carbons (Fsp3) is 0.625. The number of amides is 3. The molecule has 278 valence electrons.